The van der Waals surface area contributed by atoms with E-state index >= 15 is 0 Å². The highest BCUT2D eigenvalue weighted by atomic mass is 79.9. The number of hydrogen-bond donors (Lipinski definition) is 1. The van der Waals surface area contributed by atoms with Gasteiger partial charge in [-0.1, -0.05) is 39.0 Å². The third kappa shape index (κ3) is 5.29. The normalized spacial score (nSPS) is 12.4. The van der Waals surface area contributed by atoms with Crippen molar-refractivity contribution in [3.8, 4) is 0 Å². The van der Waals surface area contributed by atoms with Gasteiger partial charge in [0.2, 0.25) is 10.0 Å². The van der Waals surface area contributed by atoms with E-state index in [9.17, 15) is 13.2 Å². The molecule has 0 bridgehead atoms. The topological polar surface area (TPSA) is 92.5 Å². The molecule has 0 aliphatic heterocycles. The second-order valence-electron chi connectivity index (χ2n) is 7.82. The van der Waals surface area contributed by atoms with Gasteiger partial charge in [-0.25, -0.2) is 13.4 Å². The van der Waals surface area contributed by atoms with Crippen molar-refractivity contribution in [2.45, 2.75) is 32.6 Å². The molecule has 2 aromatic heterocycles. The standard InChI is InChI=1S/C20H24BrN3O4S2/c1-12(2)10-24(11-13(3)4)30(26,27)14-5-6-15-17(9-14)29-20(22-15)23-19(25)16-7-8-18(21)28-16/h5-9,12-13H,10-11H2,1-4H3,(H,22,23,25). The Hall–Kier alpha value is -1.75. The molecular weight excluding hydrogens is 490 g/mol. The van der Waals surface area contributed by atoms with Gasteiger partial charge in [-0.3, -0.25) is 10.1 Å². The van der Waals surface area contributed by atoms with Gasteiger partial charge >= 0.3 is 0 Å². The lowest BCUT2D eigenvalue weighted by atomic mass is 10.2. The van der Waals surface area contributed by atoms with Crippen LogP contribution in [0.15, 0.2) is 44.3 Å². The maximum atomic E-state index is 13.2. The number of anilines is 1. The van der Waals surface area contributed by atoms with Crippen molar-refractivity contribution in [3.63, 3.8) is 0 Å². The summed E-state index contributed by atoms with van der Waals surface area (Å²) in [6, 6.07) is 8.04. The van der Waals surface area contributed by atoms with E-state index < -0.39 is 15.9 Å². The third-order valence-corrected chi connectivity index (χ3v) is 7.34. The van der Waals surface area contributed by atoms with Gasteiger partial charge < -0.3 is 4.42 Å². The van der Waals surface area contributed by atoms with Crippen molar-refractivity contribution in [1.82, 2.24) is 9.29 Å². The number of furan rings is 1. The van der Waals surface area contributed by atoms with E-state index in [1.54, 1.807) is 34.6 Å². The molecule has 0 aliphatic carbocycles. The van der Waals surface area contributed by atoms with Crippen molar-refractivity contribution in [1.29, 1.82) is 0 Å². The molecule has 3 rings (SSSR count). The third-order valence-electron chi connectivity index (χ3n) is 4.15. The summed E-state index contributed by atoms with van der Waals surface area (Å²) in [6.07, 6.45) is 0. The van der Waals surface area contributed by atoms with Gasteiger partial charge in [0, 0.05) is 13.1 Å². The number of fused-ring (bicyclic) bond motifs is 1. The lowest BCUT2D eigenvalue weighted by Gasteiger charge is -2.25. The van der Waals surface area contributed by atoms with Crippen molar-refractivity contribution in [2.75, 3.05) is 18.4 Å². The predicted molar refractivity (Wildman–Crippen MR) is 122 cm³/mol. The van der Waals surface area contributed by atoms with Crippen LogP contribution in [0, 0.1) is 11.8 Å². The van der Waals surface area contributed by atoms with E-state index in [1.165, 1.54) is 11.3 Å². The molecule has 30 heavy (non-hydrogen) atoms. The highest BCUT2D eigenvalue weighted by molar-refractivity contribution is 9.10. The number of hydrogen-bond acceptors (Lipinski definition) is 6. The Balaban J connectivity index is 1.88. The van der Waals surface area contributed by atoms with Crippen molar-refractivity contribution in [3.05, 3.63) is 40.8 Å². The molecule has 0 aliphatic rings. The number of amides is 1. The smallest absolute Gasteiger partial charge is 0.293 e. The number of thiazole rings is 1. The van der Waals surface area contributed by atoms with Gasteiger partial charge in [-0.15, -0.1) is 0 Å². The Morgan fingerprint density at radius 1 is 1.17 bits per heavy atom. The molecule has 0 saturated heterocycles. The molecule has 0 saturated carbocycles. The van der Waals surface area contributed by atoms with Crippen LogP contribution in [0.2, 0.25) is 0 Å². The first kappa shape index (κ1) is 22.9. The number of carbonyl (C=O) groups excluding carboxylic acids is 1. The Morgan fingerprint density at radius 3 is 2.40 bits per heavy atom. The number of nitrogens with one attached hydrogen (secondary N) is 1. The second kappa shape index (κ2) is 9.17. The van der Waals surface area contributed by atoms with Crippen LogP contribution in [0.5, 0.6) is 0 Å². The van der Waals surface area contributed by atoms with E-state index in [0.717, 1.165) is 0 Å². The van der Waals surface area contributed by atoms with E-state index in [0.29, 0.717) is 33.1 Å². The molecule has 1 aromatic carbocycles. The minimum atomic E-state index is -3.63. The van der Waals surface area contributed by atoms with Gasteiger partial charge in [0.25, 0.3) is 5.91 Å². The lowest BCUT2D eigenvalue weighted by molar-refractivity contribution is 0.0995. The summed E-state index contributed by atoms with van der Waals surface area (Å²) in [5.74, 6) is 0.165. The number of carbonyl (C=O) groups is 1. The Kier molecular flexibility index (Phi) is 7.01. The van der Waals surface area contributed by atoms with E-state index in [1.807, 2.05) is 27.7 Å². The molecule has 7 nitrogen and oxygen atoms in total. The molecule has 0 unspecified atom stereocenters. The molecule has 3 aromatic rings. The van der Waals surface area contributed by atoms with Crippen molar-refractivity contribution < 1.29 is 17.6 Å². The molecule has 10 heteroatoms. The van der Waals surface area contributed by atoms with Crippen LogP contribution in [0.4, 0.5) is 5.13 Å². The Labute approximate surface area is 188 Å². The summed E-state index contributed by atoms with van der Waals surface area (Å²) in [5.41, 5.74) is 0.620. The number of rotatable bonds is 8. The zero-order chi connectivity index (χ0) is 22.1. The van der Waals surface area contributed by atoms with Crippen LogP contribution in [0.3, 0.4) is 0 Å². The summed E-state index contributed by atoms with van der Waals surface area (Å²) in [4.78, 5) is 16.9. The largest absolute Gasteiger partial charge is 0.444 e. The second-order valence-corrected chi connectivity index (χ2v) is 11.6. The number of halogens is 1. The van der Waals surface area contributed by atoms with Crippen LogP contribution in [0.1, 0.15) is 38.2 Å². The van der Waals surface area contributed by atoms with Crippen LogP contribution in [-0.4, -0.2) is 36.7 Å². The minimum absolute atomic E-state index is 0.155. The molecule has 1 N–H and O–H groups in total. The number of nitrogens with zero attached hydrogens (tertiary/aromatic N) is 2. The van der Waals surface area contributed by atoms with Crippen molar-refractivity contribution in [2.24, 2.45) is 11.8 Å². The fourth-order valence-electron chi connectivity index (χ4n) is 2.95. The molecule has 2 heterocycles. The zero-order valence-corrected chi connectivity index (χ0v) is 20.4. The molecular formula is C20H24BrN3O4S2. The van der Waals surface area contributed by atoms with Gasteiger partial charge in [-0.2, -0.15) is 4.31 Å². The first-order chi connectivity index (χ1) is 14.1. The van der Waals surface area contributed by atoms with Gasteiger partial charge in [-0.05, 0) is 58.1 Å². The monoisotopic (exact) mass is 513 g/mol. The fourth-order valence-corrected chi connectivity index (χ4v) is 6.02. The first-order valence-corrected chi connectivity index (χ1v) is 12.6. The van der Waals surface area contributed by atoms with Crippen LogP contribution >= 0.6 is 27.3 Å². The summed E-state index contributed by atoms with van der Waals surface area (Å²) in [5, 5.41) is 3.06. The zero-order valence-electron chi connectivity index (χ0n) is 17.2. The predicted octanol–water partition coefficient (Wildman–Crippen LogP) is 5.21. The fraction of sp³-hybridized carbons (Fsp3) is 0.400. The van der Waals surface area contributed by atoms with Crippen LogP contribution < -0.4 is 5.32 Å². The molecule has 0 spiro atoms. The number of sulfonamides is 1. The number of aromatic nitrogens is 1. The first-order valence-electron chi connectivity index (χ1n) is 9.53. The maximum absolute atomic E-state index is 13.2. The lowest BCUT2D eigenvalue weighted by Crippen LogP contribution is -2.37. The molecule has 1 amide bonds. The van der Waals surface area contributed by atoms with E-state index in [4.69, 9.17) is 4.42 Å². The van der Waals surface area contributed by atoms with Crippen LogP contribution in [0.25, 0.3) is 10.2 Å². The van der Waals surface area contributed by atoms with E-state index in [2.05, 4.69) is 26.2 Å². The highest BCUT2D eigenvalue weighted by Crippen LogP contribution is 2.30. The SMILES string of the molecule is CC(C)CN(CC(C)C)S(=O)(=O)c1ccc2nc(NC(=O)c3ccc(Br)o3)sc2c1. The highest BCUT2D eigenvalue weighted by Gasteiger charge is 2.26. The summed E-state index contributed by atoms with van der Waals surface area (Å²) < 4.78 is 34.4. The minimum Gasteiger partial charge on any atom is -0.444 e. The van der Waals surface area contributed by atoms with Gasteiger partial charge in [0.15, 0.2) is 15.6 Å². The molecule has 162 valence electrons. The van der Waals surface area contributed by atoms with Gasteiger partial charge in [0.1, 0.15) is 0 Å². The Morgan fingerprint density at radius 2 is 1.83 bits per heavy atom. The number of benzene rings is 1. The van der Waals surface area contributed by atoms with Crippen LogP contribution in [-0.2, 0) is 10.0 Å². The summed E-state index contributed by atoms with van der Waals surface area (Å²) in [6.45, 7) is 8.93. The maximum Gasteiger partial charge on any atom is 0.293 e. The average Bonchev–Trinajstić information content (AvgIpc) is 3.25. The van der Waals surface area contributed by atoms with E-state index in [-0.39, 0.29) is 22.5 Å². The molecule has 0 fully saturated rings. The quantitative estimate of drug-likeness (QED) is 0.446. The summed E-state index contributed by atoms with van der Waals surface area (Å²) in [7, 11) is -3.63. The average molecular weight is 514 g/mol. The Bertz CT molecular complexity index is 1140. The molecule has 0 radical (unpaired) electrons. The van der Waals surface area contributed by atoms with Crippen molar-refractivity contribution >= 4 is 58.5 Å². The molecule has 0 atom stereocenters. The van der Waals surface area contributed by atoms with Gasteiger partial charge in [0.05, 0.1) is 15.1 Å². The summed E-state index contributed by atoms with van der Waals surface area (Å²) >= 11 is 4.38.